The highest BCUT2D eigenvalue weighted by Crippen LogP contribution is 2.26. The molecule has 0 saturated heterocycles. The Bertz CT molecular complexity index is 1470. The number of carboxylic acid groups (broad SMARTS) is 1. The lowest BCUT2D eigenvalue weighted by molar-refractivity contribution is -0.212. The van der Waals surface area contributed by atoms with Crippen molar-refractivity contribution >= 4 is 5.97 Å². The van der Waals surface area contributed by atoms with Crippen molar-refractivity contribution in [2.24, 2.45) is 0 Å². The summed E-state index contributed by atoms with van der Waals surface area (Å²) in [5, 5.41) is 11.1. The van der Waals surface area contributed by atoms with Crippen LogP contribution < -0.4 is 4.74 Å². The van der Waals surface area contributed by atoms with Crippen LogP contribution in [0.1, 0.15) is 39.9 Å². The van der Waals surface area contributed by atoms with Crippen LogP contribution >= 0.6 is 0 Å². The number of hydrogen-bond acceptors (Lipinski definition) is 4. The van der Waals surface area contributed by atoms with E-state index < -0.39 is 30.4 Å². The number of ether oxygens (including phenoxy) is 1. The Morgan fingerprint density at radius 2 is 1.69 bits per heavy atom. The van der Waals surface area contributed by atoms with Crippen LogP contribution in [0.15, 0.2) is 73.2 Å². The Morgan fingerprint density at radius 1 is 0.976 bits per heavy atom. The molecule has 4 aromatic rings. The summed E-state index contributed by atoms with van der Waals surface area (Å²) in [6.45, 7) is 1.98. The quantitative estimate of drug-likeness (QED) is 0.158. The predicted molar refractivity (Wildman–Crippen MR) is 139 cm³/mol. The molecule has 0 bridgehead atoms. The maximum atomic E-state index is 13.8. The fourth-order valence-electron chi connectivity index (χ4n) is 3.87. The molecule has 6 nitrogen and oxygen atoms in total. The van der Waals surface area contributed by atoms with Crippen LogP contribution in [0.25, 0.3) is 11.3 Å². The molecule has 0 aliphatic rings. The van der Waals surface area contributed by atoms with Crippen molar-refractivity contribution in [3.63, 3.8) is 0 Å². The van der Waals surface area contributed by atoms with Crippen molar-refractivity contribution in [1.82, 2.24) is 14.8 Å². The molecule has 0 unspecified atom stereocenters. The van der Waals surface area contributed by atoms with Crippen molar-refractivity contribution < 1.29 is 45.4 Å². The van der Waals surface area contributed by atoms with Gasteiger partial charge < -0.3 is 9.84 Å². The molecular formula is C29H26F7N3O3. The molecule has 2 aromatic heterocycles. The summed E-state index contributed by atoms with van der Waals surface area (Å²) in [4.78, 5) is 14.5. The molecule has 2 aromatic carbocycles. The lowest BCUT2D eigenvalue weighted by Crippen LogP contribution is -2.16. The van der Waals surface area contributed by atoms with E-state index in [0.29, 0.717) is 24.6 Å². The second kappa shape index (κ2) is 14.0. The summed E-state index contributed by atoms with van der Waals surface area (Å²) in [5.74, 6) is -1.18. The molecular weight excluding hydrogens is 571 g/mol. The zero-order valence-electron chi connectivity index (χ0n) is 22.2. The third-order valence-corrected chi connectivity index (χ3v) is 5.95. The average Bonchev–Trinajstić information content (AvgIpc) is 3.44. The zero-order chi connectivity index (χ0) is 30.9. The number of benzene rings is 2. The van der Waals surface area contributed by atoms with Gasteiger partial charge in [0.1, 0.15) is 11.6 Å². The summed E-state index contributed by atoms with van der Waals surface area (Å²) >= 11 is 0. The van der Waals surface area contributed by atoms with Gasteiger partial charge in [-0.1, -0.05) is 18.2 Å². The SMILES string of the molecule is Cc1cc(OCCCC(F)(F)F)ccc1CCc1ccc(F)cc1-c1ccccn1.O=C(O)c1cnn(C(F)(F)F)c1. The van der Waals surface area contributed by atoms with E-state index in [1.54, 1.807) is 18.3 Å². The number of aryl methyl sites for hydroxylation is 3. The molecule has 0 aliphatic heterocycles. The van der Waals surface area contributed by atoms with Gasteiger partial charge >= 0.3 is 18.4 Å². The lowest BCUT2D eigenvalue weighted by atomic mass is 9.96. The van der Waals surface area contributed by atoms with Crippen molar-refractivity contribution in [2.45, 2.75) is 45.1 Å². The number of pyridine rings is 1. The van der Waals surface area contributed by atoms with Gasteiger partial charge in [0.25, 0.3) is 0 Å². The number of nitrogens with zero attached hydrogens (tertiary/aromatic N) is 3. The van der Waals surface area contributed by atoms with E-state index in [0.717, 1.165) is 34.4 Å². The largest absolute Gasteiger partial charge is 0.504 e. The molecule has 0 amide bonds. The molecule has 0 saturated carbocycles. The molecule has 0 aliphatic carbocycles. The van der Waals surface area contributed by atoms with Gasteiger partial charge in [-0.15, -0.1) is 13.2 Å². The number of halogens is 7. The average molecular weight is 598 g/mol. The van der Waals surface area contributed by atoms with Gasteiger partial charge in [0.15, 0.2) is 0 Å². The topological polar surface area (TPSA) is 77.2 Å². The fraction of sp³-hybridized carbons (Fsp3) is 0.276. The fourth-order valence-corrected chi connectivity index (χ4v) is 3.87. The van der Waals surface area contributed by atoms with Gasteiger partial charge in [-0.05, 0) is 79.3 Å². The monoisotopic (exact) mass is 597 g/mol. The first-order valence-corrected chi connectivity index (χ1v) is 12.6. The summed E-state index contributed by atoms with van der Waals surface area (Å²) in [6.07, 6.45) is -5.55. The highest BCUT2D eigenvalue weighted by molar-refractivity contribution is 5.86. The minimum atomic E-state index is -4.66. The first-order valence-electron chi connectivity index (χ1n) is 12.6. The zero-order valence-corrected chi connectivity index (χ0v) is 22.2. The van der Waals surface area contributed by atoms with E-state index in [9.17, 15) is 35.5 Å². The van der Waals surface area contributed by atoms with Gasteiger partial charge in [0.2, 0.25) is 0 Å². The molecule has 2 heterocycles. The summed E-state index contributed by atoms with van der Waals surface area (Å²) in [6, 6.07) is 15.8. The third-order valence-electron chi connectivity index (χ3n) is 5.95. The Balaban J connectivity index is 0.000000337. The highest BCUT2D eigenvalue weighted by atomic mass is 19.4. The van der Waals surface area contributed by atoms with Crippen LogP contribution in [-0.4, -0.2) is 38.6 Å². The third kappa shape index (κ3) is 9.89. The van der Waals surface area contributed by atoms with Gasteiger partial charge in [0.05, 0.1) is 24.1 Å². The lowest BCUT2D eigenvalue weighted by Gasteiger charge is -2.13. The van der Waals surface area contributed by atoms with Crippen molar-refractivity contribution in [1.29, 1.82) is 0 Å². The minimum Gasteiger partial charge on any atom is -0.494 e. The van der Waals surface area contributed by atoms with Crippen LogP contribution in [0.2, 0.25) is 0 Å². The number of aromatic nitrogens is 3. The number of carbonyl (C=O) groups is 1. The van der Waals surface area contributed by atoms with Gasteiger partial charge in [-0.3, -0.25) is 4.98 Å². The number of rotatable bonds is 9. The van der Waals surface area contributed by atoms with Crippen LogP contribution in [0.3, 0.4) is 0 Å². The van der Waals surface area contributed by atoms with Gasteiger partial charge in [-0.2, -0.15) is 23.0 Å². The van der Waals surface area contributed by atoms with E-state index in [1.165, 1.54) is 12.1 Å². The summed E-state index contributed by atoms with van der Waals surface area (Å²) < 4.78 is 90.8. The van der Waals surface area contributed by atoms with Crippen LogP contribution in [0, 0.1) is 12.7 Å². The second-order valence-corrected chi connectivity index (χ2v) is 9.12. The Morgan fingerprint density at radius 3 is 2.26 bits per heavy atom. The molecule has 0 fully saturated rings. The Kier molecular flexibility index (Phi) is 10.7. The number of carboxylic acids is 1. The normalized spacial score (nSPS) is 11.5. The standard InChI is InChI=1S/C24H23F4NO.C5H3F3N2O2/c1-17-15-21(30-14-4-12-24(26,27)28)11-9-18(17)6-7-19-8-10-20(25)16-22(19)23-5-2-3-13-29-23;6-5(7,8)10-2-3(1-9-10)4(11)12/h2-3,5,8-11,13,15-16H,4,6-7,12,14H2,1H3;1-2H,(H,11,12). The van der Waals surface area contributed by atoms with E-state index in [4.69, 9.17) is 9.84 Å². The molecule has 0 radical (unpaired) electrons. The first kappa shape index (κ1) is 32.1. The van der Waals surface area contributed by atoms with E-state index in [1.807, 2.05) is 37.3 Å². The minimum absolute atomic E-state index is 0.0291. The smallest absolute Gasteiger partial charge is 0.494 e. The Hall–Kier alpha value is -4.42. The molecule has 4 rings (SSSR count). The maximum absolute atomic E-state index is 13.8. The maximum Gasteiger partial charge on any atom is 0.504 e. The summed E-state index contributed by atoms with van der Waals surface area (Å²) in [7, 11) is 0. The second-order valence-electron chi connectivity index (χ2n) is 9.12. The van der Waals surface area contributed by atoms with Crippen LogP contribution in [0.4, 0.5) is 30.7 Å². The van der Waals surface area contributed by atoms with Crippen LogP contribution in [0.5, 0.6) is 5.75 Å². The molecule has 0 atom stereocenters. The van der Waals surface area contributed by atoms with Crippen molar-refractivity contribution in [3.8, 4) is 17.0 Å². The van der Waals surface area contributed by atoms with Gasteiger partial charge in [0, 0.05) is 24.4 Å². The van der Waals surface area contributed by atoms with E-state index >= 15 is 0 Å². The predicted octanol–water partition coefficient (Wildman–Crippen LogP) is 7.76. The first-order chi connectivity index (χ1) is 19.7. The van der Waals surface area contributed by atoms with Crippen LogP contribution in [-0.2, 0) is 19.1 Å². The highest BCUT2D eigenvalue weighted by Gasteiger charge is 2.32. The number of aromatic carboxylic acids is 1. The van der Waals surface area contributed by atoms with Crippen molar-refractivity contribution in [3.05, 3.63) is 101 Å². The summed E-state index contributed by atoms with van der Waals surface area (Å²) in [5.41, 5.74) is 4.12. The van der Waals surface area contributed by atoms with Crippen molar-refractivity contribution in [2.75, 3.05) is 6.61 Å². The molecule has 0 spiro atoms. The molecule has 42 heavy (non-hydrogen) atoms. The molecule has 13 heteroatoms. The van der Waals surface area contributed by atoms with Gasteiger partial charge in [-0.25, -0.2) is 9.18 Å². The Labute approximate surface area is 236 Å². The number of hydrogen-bond donors (Lipinski definition) is 1. The van der Waals surface area contributed by atoms with E-state index in [-0.39, 0.29) is 23.5 Å². The number of alkyl halides is 6. The van der Waals surface area contributed by atoms with E-state index in [2.05, 4.69) is 10.1 Å². The molecule has 224 valence electrons. The molecule has 1 N–H and O–H groups in total.